The van der Waals surface area contributed by atoms with Crippen LogP contribution < -0.4 is 22.1 Å². The highest BCUT2D eigenvalue weighted by Crippen LogP contribution is 2.01. The molecule has 0 aliphatic heterocycles. The highest BCUT2D eigenvalue weighted by atomic mass is 16.4. The van der Waals surface area contributed by atoms with Crippen LogP contribution in [0.2, 0.25) is 0 Å². The average Bonchev–Trinajstić information content (AvgIpc) is 2.48. The van der Waals surface area contributed by atoms with Gasteiger partial charge in [-0.3, -0.25) is 19.2 Å². The number of primary amides is 1. The predicted octanol–water partition coefficient (Wildman–Crippen LogP) is -3.90. The molecule has 12 nitrogen and oxygen atoms in total. The highest BCUT2D eigenvalue weighted by molar-refractivity contribution is 5.94. The van der Waals surface area contributed by atoms with Gasteiger partial charge in [-0.1, -0.05) is 0 Å². The number of nitrogens with two attached hydrogens (primary N) is 2. The molecule has 3 unspecified atom stereocenters. The van der Waals surface area contributed by atoms with E-state index >= 15 is 0 Å². The van der Waals surface area contributed by atoms with Crippen LogP contribution in [0.15, 0.2) is 0 Å². The fraction of sp³-hybridized carbons (Fsp3) is 0.583. The number of aliphatic hydroxyl groups excluding tert-OH is 1. The van der Waals surface area contributed by atoms with E-state index in [0.29, 0.717) is 0 Å². The minimum atomic E-state index is -1.53. The Bertz CT molecular complexity index is 509. The van der Waals surface area contributed by atoms with E-state index < -0.39 is 73.7 Å². The van der Waals surface area contributed by atoms with Crippen molar-refractivity contribution in [2.45, 2.75) is 37.4 Å². The van der Waals surface area contributed by atoms with Gasteiger partial charge in [-0.2, -0.15) is 0 Å². The van der Waals surface area contributed by atoms with E-state index in [1.54, 1.807) is 0 Å². The van der Waals surface area contributed by atoms with E-state index in [-0.39, 0.29) is 0 Å². The van der Waals surface area contributed by atoms with E-state index in [1.165, 1.54) is 0 Å². The van der Waals surface area contributed by atoms with Gasteiger partial charge in [0, 0.05) is 6.42 Å². The van der Waals surface area contributed by atoms with Gasteiger partial charge in [0.1, 0.15) is 18.1 Å². The SMILES string of the molecule is NC(=O)CC(NC(=O)C(N)CO)C(=O)NC(CCC(=O)O)C(=O)O. The summed E-state index contributed by atoms with van der Waals surface area (Å²) in [6, 6.07) is -4.40. The number of carbonyl (C=O) groups excluding carboxylic acids is 3. The largest absolute Gasteiger partial charge is 0.481 e. The van der Waals surface area contributed by atoms with Crippen LogP contribution >= 0.6 is 0 Å². The summed E-state index contributed by atoms with van der Waals surface area (Å²) < 4.78 is 0. The lowest BCUT2D eigenvalue weighted by Gasteiger charge is -2.21. The van der Waals surface area contributed by atoms with Crippen molar-refractivity contribution in [2.24, 2.45) is 11.5 Å². The molecule has 0 spiro atoms. The molecule has 0 heterocycles. The molecule has 9 N–H and O–H groups in total. The van der Waals surface area contributed by atoms with Crippen LogP contribution in [0.1, 0.15) is 19.3 Å². The molecule has 0 aliphatic carbocycles. The first kappa shape index (κ1) is 21.3. The monoisotopic (exact) mass is 348 g/mol. The number of aliphatic carboxylic acids is 2. The molecule has 0 aliphatic rings. The first-order valence-corrected chi connectivity index (χ1v) is 6.78. The summed E-state index contributed by atoms with van der Waals surface area (Å²) in [5.74, 6) is -5.70. The second-order valence-corrected chi connectivity index (χ2v) is 4.85. The Morgan fingerprint density at radius 3 is 1.92 bits per heavy atom. The first-order chi connectivity index (χ1) is 11.1. The molecule has 0 aromatic rings. The van der Waals surface area contributed by atoms with Crippen LogP contribution in [0.25, 0.3) is 0 Å². The van der Waals surface area contributed by atoms with Gasteiger partial charge in [0.15, 0.2) is 0 Å². The second kappa shape index (κ2) is 10.1. The fourth-order valence-corrected chi connectivity index (χ4v) is 1.57. The summed E-state index contributed by atoms with van der Waals surface area (Å²) in [5, 5.41) is 30.4. The van der Waals surface area contributed by atoms with Gasteiger partial charge in [0.25, 0.3) is 0 Å². The Balaban J connectivity index is 5.00. The maximum absolute atomic E-state index is 12.0. The van der Waals surface area contributed by atoms with Gasteiger partial charge in [-0.15, -0.1) is 0 Å². The number of hydrogen-bond acceptors (Lipinski definition) is 7. The molecule has 24 heavy (non-hydrogen) atoms. The molecule has 3 amide bonds. The normalized spacial score (nSPS) is 14.1. The fourth-order valence-electron chi connectivity index (χ4n) is 1.57. The van der Waals surface area contributed by atoms with E-state index in [9.17, 15) is 24.0 Å². The zero-order chi connectivity index (χ0) is 18.9. The van der Waals surface area contributed by atoms with Crippen molar-refractivity contribution in [3.8, 4) is 0 Å². The Kier molecular flexibility index (Phi) is 8.97. The van der Waals surface area contributed by atoms with Crippen LogP contribution in [-0.2, 0) is 24.0 Å². The lowest BCUT2D eigenvalue weighted by Crippen LogP contribution is -2.56. The van der Waals surface area contributed by atoms with Crippen LogP contribution in [0.5, 0.6) is 0 Å². The van der Waals surface area contributed by atoms with Crippen molar-refractivity contribution in [2.75, 3.05) is 6.61 Å². The average molecular weight is 348 g/mol. The molecule has 3 atom stereocenters. The zero-order valence-corrected chi connectivity index (χ0v) is 12.6. The zero-order valence-electron chi connectivity index (χ0n) is 12.6. The Hall–Kier alpha value is -2.73. The molecule has 136 valence electrons. The van der Waals surface area contributed by atoms with Crippen LogP contribution in [0.4, 0.5) is 0 Å². The Labute approximate surface area is 136 Å². The van der Waals surface area contributed by atoms with Crippen LogP contribution in [-0.4, -0.2) is 69.7 Å². The molecule has 0 aromatic carbocycles. The van der Waals surface area contributed by atoms with Crippen molar-refractivity contribution in [1.82, 2.24) is 10.6 Å². The van der Waals surface area contributed by atoms with Crippen molar-refractivity contribution >= 4 is 29.7 Å². The van der Waals surface area contributed by atoms with Crippen LogP contribution in [0, 0.1) is 0 Å². The van der Waals surface area contributed by atoms with Gasteiger partial charge in [0.05, 0.1) is 13.0 Å². The highest BCUT2D eigenvalue weighted by Gasteiger charge is 2.29. The maximum Gasteiger partial charge on any atom is 0.326 e. The minimum Gasteiger partial charge on any atom is -0.481 e. The summed E-state index contributed by atoms with van der Waals surface area (Å²) >= 11 is 0. The standard InChI is InChI=1S/C12H20N4O8/c13-5(4-17)10(21)16-7(3-8(14)18)11(22)15-6(12(23)24)1-2-9(19)20/h5-7,17H,1-4,13H2,(H2,14,18)(H,15,22)(H,16,21)(H,19,20)(H,23,24). The molecule has 12 heteroatoms. The van der Waals surface area contributed by atoms with Crippen molar-refractivity contribution < 1.29 is 39.3 Å². The smallest absolute Gasteiger partial charge is 0.326 e. The molecule has 0 aromatic heterocycles. The number of amides is 3. The third-order valence-corrected chi connectivity index (χ3v) is 2.83. The third kappa shape index (κ3) is 8.05. The number of aliphatic hydroxyl groups is 1. The minimum absolute atomic E-state index is 0.399. The summed E-state index contributed by atoms with van der Waals surface area (Å²) in [6.45, 7) is -0.715. The van der Waals surface area contributed by atoms with E-state index in [4.69, 9.17) is 26.8 Å². The van der Waals surface area contributed by atoms with Crippen molar-refractivity contribution in [3.05, 3.63) is 0 Å². The number of rotatable bonds is 11. The predicted molar refractivity (Wildman–Crippen MR) is 77.2 cm³/mol. The van der Waals surface area contributed by atoms with Gasteiger partial charge in [-0.25, -0.2) is 4.79 Å². The van der Waals surface area contributed by atoms with Gasteiger partial charge in [0.2, 0.25) is 17.7 Å². The molecular weight excluding hydrogens is 328 g/mol. The Morgan fingerprint density at radius 1 is 0.958 bits per heavy atom. The van der Waals surface area contributed by atoms with E-state index in [1.807, 2.05) is 5.32 Å². The first-order valence-electron chi connectivity index (χ1n) is 6.78. The number of carbonyl (C=O) groups is 5. The molecule has 0 fully saturated rings. The summed E-state index contributed by atoms with van der Waals surface area (Å²) in [6.07, 6.45) is -1.55. The number of carboxylic acids is 2. The van der Waals surface area contributed by atoms with E-state index in [0.717, 1.165) is 0 Å². The number of carboxylic acid groups (broad SMARTS) is 2. The van der Waals surface area contributed by atoms with Gasteiger partial charge >= 0.3 is 11.9 Å². The Morgan fingerprint density at radius 2 is 1.50 bits per heavy atom. The van der Waals surface area contributed by atoms with Crippen LogP contribution in [0.3, 0.4) is 0 Å². The lowest BCUT2D eigenvalue weighted by molar-refractivity contribution is -0.143. The molecule has 0 bridgehead atoms. The number of nitrogens with one attached hydrogen (secondary N) is 2. The summed E-state index contributed by atoms with van der Waals surface area (Å²) in [4.78, 5) is 56.1. The van der Waals surface area contributed by atoms with Gasteiger partial charge in [-0.05, 0) is 6.42 Å². The topological polar surface area (TPSA) is 222 Å². The second-order valence-electron chi connectivity index (χ2n) is 4.85. The molecule has 0 saturated carbocycles. The summed E-state index contributed by atoms with van der Waals surface area (Å²) in [5.41, 5.74) is 10.2. The van der Waals surface area contributed by atoms with Crippen molar-refractivity contribution in [1.29, 1.82) is 0 Å². The molecular formula is C12H20N4O8. The third-order valence-electron chi connectivity index (χ3n) is 2.83. The van der Waals surface area contributed by atoms with Gasteiger partial charge < -0.3 is 37.4 Å². The quantitative estimate of drug-likeness (QED) is 0.193. The number of hydrogen-bond donors (Lipinski definition) is 7. The van der Waals surface area contributed by atoms with E-state index in [2.05, 4.69) is 5.32 Å². The lowest BCUT2D eigenvalue weighted by atomic mass is 10.1. The molecule has 0 radical (unpaired) electrons. The van der Waals surface area contributed by atoms with Crippen molar-refractivity contribution in [3.63, 3.8) is 0 Å². The molecule has 0 rings (SSSR count). The molecule has 0 saturated heterocycles. The summed E-state index contributed by atoms with van der Waals surface area (Å²) in [7, 11) is 0. The maximum atomic E-state index is 12.0.